The van der Waals surface area contributed by atoms with Gasteiger partial charge in [-0.05, 0) is 95.1 Å². The quantitative estimate of drug-likeness (QED) is 0.107. The van der Waals surface area contributed by atoms with Crippen molar-refractivity contribution in [2.45, 2.75) is 78.6 Å². The van der Waals surface area contributed by atoms with E-state index >= 15 is 0 Å². The average Bonchev–Trinajstić information content (AvgIpc) is 4.18. The van der Waals surface area contributed by atoms with E-state index in [0.29, 0.717) is 34.3 Å². The van der Waals surface area contributed by atoms with Gasteiger partial charge in [0.25, 0.3) is 0 Å². The average molecular weight is 1150 g/mol. The van der Waals surface area contributed by atoms with E-state index in [1.54, 1.807) is 4.68 Å². The Balaban J connectivity index is 0.00000704. The Labute approximate surface area is 457 Å². The smallest absolute Gasteiger partial charge is 0.231 e. The van der Waals surface area contributed by atoms with E-state index in [2.05, 4.69) is 146 Å². The van der Waals surface area contributed by atoms with Crippen LogP contribution in [-0.4, -0.2) is 19.3 Å². The third kappa shape index (κ3) is 9.67. The summed E-state index contributed by atoms with van der Waals surface area (Å²) in [5.74, 6) is 2.14. The van der Waals surface area contributed by atoms with Gasteiger partial charge in [-0.1, -0.05) is 219 Å². The van der Waals surface area contributed by atoms with Gasteiger partial charge in [0.05, 0.1) is 6.85 Å². The summed E-state index contributed by atoms with van der Waals surface area (Å²) in [5, 5.41) is 7.35. The summed E-state index contributed by atoms with van der Waals surface area (Å²) in [4.78, 5) is 4.94. The Hall–Kier alpha value is -7.66. The minimum atomic E-state index is -0.465. The summed E-state index contributed by atoms with van der Waals surface area (Å²) in [6.07, 6.45) is 5.44. The molecule has 74 heavy (non-hydrogen) atoms. The molecule has 0 aliphatic heterocycles. The van der Waals surface area contributed by atoms with Crippen LogP contribution in [0.15, 0.2) is 194 Å². The van der Waals surface area contributed by atoms with Gasteiger partial charge in [-0.3, -0.25) is 0 Å². The zero-order valence-electron chi connectivity index (χ0n) is 48.0. The summed E-state index contributed by atoms with van der Waals surface area (Å²) in [5.41, 5.74) is 10.6. The predicted molar refractivity (Wildman–Crippen MR) is 298 cm³/mol. The molecule has 8 aromatic carbocycles. The summed E-state index contributed by atoms with van der Waals surface area (Å²) in [6.45, 7) is 19.8. The molecule has 6 nitrogen and oxygen atoms in total. The number of aromatic nitrogens is 5. The molecule has 0 N–H and O–H groups in total. The molecule has 11 aromatic rings. The van der Waals surface area contributed by atoms with Crippen molar-refractivity contribution in [1.29, 1.82) is 0 Å². The summed E-state index contributed by atoms with van der Waals surface area (Å²) < 4.78 is 57.2. The van der Waals surface area contributed by atoms with E-state index < -0.39 is 18.1 Å². The molecule has 0 bridgehead atoms. The van der Waals surface area contributed by atoms with Gasteiger partial charge in [0.15, 0.2) is 0 Å². The second kappa shape index (κ2) is 19.6. The molecule has 0 saturated heterocycles. The van der Waals surface area contributed by atoms with Gasteiger partial charge in [0.1, 0.15) is 5.82 Å². The number of nitrogens with zero attached hydrogens (tertiary/aromatic N) is 5. The van der Waals surface area contributed by atoms with Crippen molar-refractivity contribution >= 4 is 21.8 Å². The van der Waals surface area contributed by atoms with Crippen molar-refractivity contribution in [3.63, 3.8) is 0 Å². The molecule has 0 saturated carbocycles. The fourth-order valence-corrected chi connectivity index (χ4v) is 9.46. The SMILES string of the molecule is [2H]c1c([2H])c([2H])c(-c2cccc(-c3cc(C(C)(C)C)cc(C(C)(C)C)c3)c2-[n+]2[c-]n(-c3[c-]c(Oc4[c-]c5c(c(-c6ccccc6)c4)c4ccccc4n5-c4cc(C(C)(C)C)ccn4)ccc3)nc2-c2ccccc2)c([2H])c1[2H].[Pt]. The summed E-state index contributed by atoms with van der Waals surface area (Å²) in [7, 11) is 0. The van der Waals surface area contributed by atoms with Crippen molar-refractivity contribution in [3.05, 3.63) is 229 Å². The molecular weight excluding hydrogens is 1090 g/mol. The van der Waals surface area contributed by atoms with Crippen LogP contribution in [0.3, 0.4) is 0 Å². The molecule has 11 rings (SSSR count). The van der Waals surface area contributed by atoms with Crippen molar-refractivity contribution in [1.82, 2.24) is 19.3 Å². The van der Waals surface area contributed by atoms with Gasteiger partial charge in [-0.15, -0.1) is 29.8 Å². The molecule has 0 amide bonds. The van der Waals surface area contributed by atoms with E-state index in [9.17, 15) is 2.74 Å². The van der Waals surface area contributed by atoms with Crippen LogP contribution >= 0.6 is 0 Å². The van der Waals surface area contributed by atoms with Crippen LogP contribution in [0.5, 0.6) is 11.5 Å². The standard InChI is InChI=1S/C67H59N5O.Pt/c1-65(2,3)49-35-36-68-61(40-49)72-59-34-20-19-31-57(59)62-58(46-25-15-11-16-26-46)42-54(43-60(62)72)73-53-30-21-29-52(41-53)71-44-70(64(69-71)47-27-17-12-18-28-47)63-55(45-23-13-10-14-24-45)32-22-33-56(63)48-37-50(66(4,5)6)39-51(38-48)67(7,8)9;/h10-40,42H,1-9H3;/q-2;/i10D,13D,14D,23D,24D;. The largest absolute Gasteiger partial charge is 0.510 e. The van der Waals surface area contributed by atoms with E-state index in [-0.39, 0.29) is 55.0 Å². The van der Waals surface area contributed by atoms with Crippen molar-refractivity contribution in [2.24, 2.45) is 0 Å². The maximum atomic E-state index is 9.29. The van der Waals surface area contributed by atoms with Crippen LogP contribution in [0, 0.1) is 18.5 Å². The molecule has 7 heteroatoms. The molecule has 0 spiro atoms. The first kappa shape index (κ1) is 43.9. The summed E-state index contributed by atoms with van der Waals surface area (Å²) in [6, 6.07) is 57.9. The van der Waals surface area contributed by atoms with Crippen LogP contribution < -0.4 is 9.30 Å². The van der Waals surface area contributed by atoms with Crippen LogP contribution in [0.1, 0.15) is 85.9 Å². The monoisotopic (exact) mass is 1150 g/mol. The molecule has 370 valence electrons. The Morgan fingerprint density at radius 2 is 1.16 bits per heavy atom. The first-order chi connectivity index (χ1) is 37.2. The zero-order chi connectivity index (χ0) is 55.0. The molecule has 0 aliphatic carbocycles. The number of hydrogen-bond donors (Lipinski definition) is 0. The minimum Gasteiger partial charge on any atom is -0.510 e. The molecule has 0 fully saturated rings. The van der Waals surface area contributed by atoms with Crippen LogP contribution in [-0.2, 0) is 37.3 Å². The van der Waals surface area contributed by atoms with Crippen molar-refractivity contribution < 1.29 is 37.2 Å². The zero-order valence-corrected chi connectivity index (χ0v) is 45.3. The van der Waals surface area contributed by atoms with E-state index in [4.69, 9.17) is 18.9 Å². The molecule has 3 aromatic heterocycles. The van der Waals surface area contributed by atoms with Gasteiger partial charge in [-0.25, -0.2) is 4.98 Å². The van der Waals surface area contributed by atoms with E-state index in [1.807, 2.05) is 108 Å². The number of ether oxygens (including phenoxy) is 1. The van der Waals surface area contributed by atoms with E-state index in [1.165, 1.54) is 0 Å². The molecule has 3 heterocycles. The fraction of sp³-hybridized carbons (Fsp3) is 0.179. The molecule has 0 unspecified atom stereocenters. The van der Waals surface area contributed by atoms with Gasteiger partial charge in [-0.2, -0.15) is 16.8 Å². The van der Waals surface area contributed by atoms with Crippen molar-refractivity contribution in [3.8, 4) is 73.5 Å². The Morgan fingerprint density at radius 3 is 1.84 bits per heavy atom. The Bertz CT molecular complexity index is 4070. The second-order valence-electron chi connectivity index (χ2n) is 21.7. The van der Waals surface area contributed by atoms with Gasteiger partial charge < -0.3 is 13.9 Å². The van der Waals surface area contributed by atoms with Crippen LogP contribution in [0.25, 0.3) is 83.8 Å². The van der Waals surface area contributed by atoms with Gasteiger partial charge in [0.2, 0.25) is 12.2 Å². The maximum Gasteiger partial charge on any atom is 0.231 e. The van der Waals surface area contributed by atoms with Crippen molar-refractivity contribution in [2.75, 3.05) is 0 Å². The maximum absolute atomic E-state index is 9.29. The topological polar surface area (TPSA) is 48.8 Å². The fourth-order valence-electron chi connectivity index (χ4n) is 9.46. The number of hydrogen-bond acceptors (Lipinski definition) is 3. The number of pyridine rings is 1. The number of fused-ring (bicyclic) bond motifs is 3. The molecular formula is C67H59N5OPt-2. The predicted octanol–water partition coefficient (Wildman–Crippen LogP) is 16.4. The molecule has 0 radical (unpaired) electrons. The molecule has 0 aliphatic rings. The van der Waals surface area contributed by atoms with Gasteiger partial charge in [0, 0.05) is 55.5 Å². The number of para-hydroxylation sites is 2. The molecule has 0 atom stereocenters. The van der Waals surface area contributed by atoms with Crippen LogP contribution in [0.2, 0.25) is 0 Å². The first-order valence-electron chi connectivity index (χ1n) is 27.2. The second-order valence-corrected chi connectivity index (χ2v) is 21.7. The normalized spacial score (nSPS) is 13.0. The Morgan fingerprint density at radius 1 is 0.541 bits per heavy atom. The number of benzene rings is 8. The summed E-state index contributed by atoms with van der Waals surface area (Å²) >= 11 is 0. The third-order valence-electron chi connectivity index (χ3n) is 13.4. The van der Waals surface area contributed by atoms with E-state index in [0.717, 1.165) is 72.1 Å². The van der Waals surface area contributed by atoms with Crippen LogP contribution in [0.4, 0.5) is 0 Å². The first-order valence-corrected chi connectivity index (χ1v) is 24.7. The minimum absolute atomic E-state index is 0. The third-order valence-corrected chi connectivity index (χ3v) is 13.4. The Kier molecular flexibility index (Phi) is 11.6. The van der Waals surface area contributed by atoms with Gasteiger partial charge >= 0.3 is 0 Å². The number of rotatable bonds is 9.